The van der Waals surface area contributed by atoms with E-state index < -0.39 is 0 Å². The molecule has 1 saturated carbocycles. The SMILES string of the molecule is NC(=NCC1CCC1)NCCCCN1CCN(c2ccccc2)CC1. The number of hydrogen-bond acceptors (Lipinski definition) is 3. The first kappa shape index (κ1) is 18.1. The van der Waals surface area contributed by atoms with E-state index in [-0.39, 0.29) is 0 Å². The van der Waals surface area contributed by atoms with Gasteiger partial charge in [0.15, 0.2) is 5.96 Å². The molecule has 1 aliphatic heterocycles. The molecule has 1 saturated heterocycles. The standard InChI is InChI=1S/C20H33N5/c21-20(23-17-18-7-6-8-18)22-11-4-5-12-24-13-15-25(16-14-24)19-9-2-1-3-10-19/h1-3,9-10,18H,4-8,11-17H2,(H3,21,22,23). The molecule has 138 valence electrons. The average Bonchev–Trinajstić information content (AvgIpc) is 2.61. The molecule has 1 aromatic rings. The zero-order chi connectivity index (χ0) is 17.3. The van der Waals surface area contributed by atoms with E-state index in [2.05, 4.69) is 50.4 Å². The minimum Gasteiger partial charge on any atom is -0.370 e. The molecule has 5 nitrogen and oxygen atoms in total. The summed E-state index contributed by atoms with van der Waals surface area (Å²) in [5.74, 6) is 1.42. The first-order chi connectivity index (χ1) is 12.3. The molecule has 0 atom stereocenters. The number of benzene rings is 1. The van der Waals surface area contributed by atoms with E-state index in [1.807, 2.05) is 0 Å². The maximum absolute atomic E-state index is 5.92. The largest absolute Gasteiger partial charge is 0.370 e. The van der Waals surface area contributed by atoms with E-state index in [0.29, 0.717) is 5.96 Å². The maximum atomic E-state index is 5.92. The molecule has 0 radical (unpaired) electrons. The Morgan fingerprint density at radius 1 is 1.08 bits per heavy atom. The molecule has 1 aliphatic carbocycles. The van der Waals surface area contributed by atoms with Crippen LogP contribution in [0, 0.1) is 5.92 Å². The third kappa shape index (κ3) is 5.92. The topological polar surface area (TPSA) is 56.9 Å². The molecule has 0 aromatic heterocycles. The zero-order valence-electron chi connectivity index (χ0n) is 15.4. The van der Waals surface area contributed by atoms with Gasteiger partial charge in [-0.25, -0.2) is 0 Å². The number of aliphatic imine (C=N–C) groups is 1. The molecule has 0 bridgehead atoms. The summed E-state index contributed by atoms with van der Waals surface area (Å²) in [4.78, 5) is 9.50. The van der Waals surface area contributed by atoms with Crippen LogP contribution in [0.2, 0.25) is 0 Å². The molecule has 0 amide bonds. The summed E-state index contributed by atoms with van der Waals surface area (Å²) in [6.07, 6.45) is 6.39. The Hall–Kier alpha value is -1.75. The molecule has 0 unspecified atom stereocenters. The van der Waals surface area contributed by atoms with Crippen LogP contribution in [0.15, 0.2) is 35.3 Å². The fourth-order valence-electron chi connectivity index (χ4n) is 3.50. The van der Waals surface area contributed by atoms with Crippen molar-refractivity contribution in [1.29, 1.82) is 0 Å². The van der Waals surface area contributed by atoms with Gasteiger partial charge >= 0.3 is 0 Å². The van der Waals surface area contributed by atoms with Crippen LogP contribution in [-0.2, 0) is 0 Å². The monoisotopic (exact) mass is 343 g/mol. The highest BCUT2D eigenvalue weighted by atomic mass is 15.3. The van der Waals surface area contributed by atoms with Crippen molar-refractivity contribution in [3.8, 4) is 0 Å². The lowest BCUT2D eigenvalue weighted by atomic mass is 9.86. The Kier molecular flexibility index (Phi) is 6.98. The number of anilines is 1. The molecule has 3 rings (SSSR count). The summed E-state index contributed by atoms with van der Waals surface area (Å²) in [5.41, 5.74) is 7.27. The first-order valence-corrected chi connectivity index (χ1v) is 9.87. The fourth-order valence-corrected chi connectivity index (χ4v) is 3.50. The highest BCUT2D eigenvalue weighted by molar-refractivity contribution is 5.77. The van der Waals surface area contributed by atoms with Crippen molar-refractivity contribution in [3.63, 3.8) is 0 Å². The van der Waals surface area contributed by atoms with Gasteiger partial charge < -0.3 is 16.0 Å². The number of para-hydroxylation sites is 1. The smallest absolute Gasteiger partial charge is 0.188 e. The summed E-state index contributed by atoms with van der Waals surface area (Å²) in [7, 11) is 0. The lowest BCUT2D eigenvalue weighted by molar-refractivity contribution is 0.253. The predicted molar refractivity (Wildman–Crippen MR) is 106 cm³/mol. The van der Waals surface area contributed by atoms with E-state index in [1.54, 1.807) is 0 Å². The van der Waals surface area contributed by atoms with Crippen molar-refractivity contribution in [2.75, 3.05) is 50.7 Å². The first-order valence-electron chi connectivity index (χ1n) is 9.87. The number of guanidine groups is 1. The van der Waals surface area contributed by atoms with Crippen molar-refractivity contribution in [2.24, 2.45) is 16.6 Å². The zero-order valence-corrected chi connectivity index (χ0v) is 15.4. The lowest BCUT2D eigenvalue weighted by Crippen LogP contribution is -2.46. The van der Waals surface area contributed by atoms with Gasteiger partial charge in [0.2, 0.25) is 0 Å². The Labute approximate surface area is 152 Å². The maximum Gasteiger partial charge on any atom is 0.188 e. The van der Waals surface area contributed by atoms with Gasteiger partial charge in [-0.2, -0.15) is 0 Å². The summed E-state index contributed by atoms with van der Waals surface area (Å²) >= 11 is 0. The molecule has 2 fully saturated rings. The number of nitrogens with two attached hydrogens (primary N) is 1. The van der Waals surface area contributed by atoms with Crippen LogP contribution in [0.3, 0.4) is 0 Å². The molecule has 2 aliphatic rings. The van der Waals surface area contributed by atoms with Crippen LogP contribution in [0.1, 0.15) is 32.1 Å². The average molecular weight is 344 g/mol. The fraction of sp³-hybridized carbons (Fsp3) is 0.650. The van der Waals surface area contributed by atoms with Gasteiger partial charge in [0, 0.05) is 45.0 Å². The molecular formula is C20H33N5. The summed E-state index contributed by atoms with van der Waals surface area (Å²) in [6.45, 7) is 7.60. The second-order valence-corrected chi connectivity index (χ2v) is 7.32. The Morgan fingerprint density at radius 2 is 1.84 bits per heavy atom. The summed E-state index contributed by atoms with van der Waals surface area (Å²) in [5, 5.41) is 3.25. The normalized spacial score (nSPS) is 19.7. The Bertz CT molecular complexity index is 518. The van der Waals surface area contributed by atoms with Crippen LogP contribution in [0.25, 0.3) is 0 Å². The predicted octanol–water partition coefficient (Wildman–Crippen LogP) is 2.29. The minimum atomic E-state index is 0.628. The minimum absolute atomic E-state index is 0.628. The van der Waals surface area contributed by atoms with E-state index in [9.17, 15) is 0 Å². The summed E-state index contributed by atoms with van der Waals surface area (Å²) in [6, 6.07) is 10.7. The Balaban J connectivity index is 1.23. The second-order valence-electron chi connectivity index (χ2n) is 7.32. The number of nitrogens with one attached hydrogen (secondary N) is 1. The lowest BCUT2D eigenvalue weighted by Gasteiger charge is -2.36. The number of rotatable bonds is 8. The van der Waals surface area contributed by atoms with Gasteiger partial charge in [-0.1, -0.05) is 24.6 Å². The third-order valence-electron chi connectivity index (χ3n) is 5.45. The van der Waals surface area contributed by atoms with Crippen LogP contribution < -0.4 is 16.0 Å². The van der Waals surface area contributed by atoms with E-state index in [0.717, 1.165) is 51.6 Å². The van der Waals surface area contributed by atoms with Gasteiger partial charge in [-0.15, -0.1) is 0 Å². The highest BCUT2D eigenvalue weighted by Gasteiger charge is 2.17. The van der Waals surface area contributed by atoms with Crippen molar-refractivity contribution >= 4 is 11.6 Å². The van der Waals surface area contributed by atoms with E-state index in [1.165, 1.54) is 37.9 Å². The van der Waals surface area contributed by atoms with E-state index in [4.69, 9.17) is 5.73 Å². The van der Waals surface area contributed by atoms with Gasteiger partial charge in [0.25, 0.3) is 0 Å². The number of piperazine rings is 1. The van der Waals surface area contributed by atoms with E-state index >= 15 is 0 Å². The quantitative estimate of drug-likeness (QED) is 0.432. The molecule has 1 heterocycles. The van der Waals surface area contributed by atoms with Gasteiger partial charge in [0.1, 0.15) is 0 Å². The van der Waals surface area contributed by atoms with Crippen molar-refractivity contribution in [2.45, 2.75) is 32.1 Å². The third-order valence-corrected chi connectivity index (χ3v) is 5.45. The number of unbranched alkanes of at least 4 members (excludes halogenated alkanes) is 1. The van der Waals surface area contributed by atoms with Crippen LogP contribution >= 0.6 is 0 Å². The molecular weight excluding hydrogens is 310 g/mol. The van der Waals surface area contributed by atoms with Crippen molar-refractivity contribution in [1.82, 2.24) is 10.2 Å². The van der Waals surface area contributed by atoms with Crippen molar-refractivity contribution < 1.29 is 0 Å². The molecule has 5 heteroatoms. The summed E-state index contributed by atoms with van der Waals surface area (Å²) < 4.78 is 0. The van der Waals surface area contributed by atoms with Crippen LogP contribution in [-0.4, -0.2) is 56.7 Å². The second kappa shape index (κ2) is 9.66. The molecule has 0 spiro atoms. The molecule has 3 N–H and O–H groups in total. The Morgan fingerprint density at radius 3 is 2.52 bits per heavy atom. The van der Waals surface area contributed by atoms with Crippen LogP contribution in [0.5, 0.6) is 0 Å². The highest BCUT2D eigenvalue weighted by Crippen LogP contribution is 2.26. The number of hydrogen-bond donors (Lipinski definition) is 2. The molecule has 25 heavy (non-hydrogen) atoms. The van der Waals surface area contributed by atoms with Gasteiger partial charge in [-0.3, -0.25) is 9.89 Å². The van der Waals surface area contributed by atoms with Gasteiger partial charge in [-0.05, 0) is 50.3 Å². The molecule has 1 aromatic carbocycles. The number of nitrogens with zero attached hydrogens (tertiary/aromatic N) is 3. The van der Waals surface area contributed by atoms with Crippen LogP contribution in [0.4, 0.5) is 5.69 Å². The van der Waals surface area contributed by atoms with Gasteiger partial charge in [0.05, 0.1) is 0 Å². The van der Waals surface area contributed by atoms with Crippen molar-refractivity contribution in [3.05, 3.63) is 30.3 Å².